The quantitative estimate of drug-likeness (QED) is 0.519. The Morgan fingerprint density at radius 1 is 1.03 bits per heavy atom. The number of carbonyl (C=O) groups excluding carboxylic acids is 1. The molecule has 0 radical (unpaired) electrons. The van der Waals surface area contributed by atoms with Gasteiger partial charge in [-0.1, -0.05) is 30.3 Å². The Hall–Kier alpha value is -3.08. The summed E-state index contributed by atoms with van der Waals surface area (Å²) in [6.45, 7) is -3.38. The van der Waals surface area contributed by atoms with Gasteiger partial charge >= 0.3 is 19.1 Å². The summed E-state index contributed by atoms with van der Waals surface area (Å²) in [7, 11) is 0. The number of rotatable bonds is 8. The Morgan fingerprint density at radius 3 is 2.31 bits per heavy atom. The van der Waals surface area contributed by atoms with Crippen molar-refractivity contribution in [3.05, 3.63) is 60.2 Å². The number of likely N-dealkylation sites (tertiary alicyclic amines) is 1. The van der Waals surface area contributed by atoms with Gasteiger partial charge in [-0.2, -0.15) is 8.78 Å². The van der Waals surface area contributed by atoms with Gasteiger partial charge in [0.2, 0.25) is 0 Å². The Labute approximate surface area is 180 Å². The summed E-state index contributed by atoms with van der Waals surface area (Å²) >= 11 is 0. The molecule has 1 amide bonds. The zero-order chi connectivity index (χ0) is 23.1. The predicted molar refractivity (Wildman–Crippen MR) is 101 cm³/mol. The highest BCUT2D eigenvalue weighted by Gasteiger charge is 2.38. The molecule has 1 saturated heterocycles. The van der Waals surface area contributed by atoms with Gasteiger partial charge in [0.1, 0.15) is 24.2 Å². The number of halogens is 5. The number of hydrogen-bond acceptors (Lipinski definition) is 5. The third-order valence-electron chi connectivity index (χ3n) is 4.59. The molecule has 0 aromatic heterocycles. The highest BCUT2D eigenvalue weighted by atomic mass is 19.4. The average molecular weight is 461 g/mol. The molecule has 2 atom stereocenters. The molecule has 6 nitrogen and oxygen atoms in total. The normalized spacial score (nSPS) is 18.6. The van der Waals surface area contributed by atoms with Gasteiger partial charge in [-0.25, -0.2) is 4.79 Å². The van der Waals surface area contributed by atoms with Crippen LogP contribution in [0.4, 0.5) is 26.7 Å². The minimum Gasteiger partial charge on any atom is -0.488 e. The first kappa shape index (κ1) is 23.6. The number of benzene rings is 2. The lowest BCUT2D eigenvalue weighted by Crippen LogP contribution is -2.39. The second-order valence-electron chi connectivity index (χ2n) is 6.94. The van der Waals surface area contributed by atoms with Crippen molar-refractivity contribution >= 4 is 6.09 Å². The SMILES string of the molecule is O=C(OCc1ccccc1)N1C[C@@H](Oc2ccc(OC(F)(F)F)cc2)C[C@H]1COC(F)F. The number of alkyl halides is 5. The van der Waals surface area contributed by atoms with Gasteiger partial charge in [-0.05, 0) is 29.8 Å². The maximum absolute atomic E-state index is 12.5. The van der Waals surface area contributed by atoms with Gasteiger partial charge in [0.25, 0.3) is 0 Å². The van der Waals surface area contributed by atoms with Crippen molar-refractivity contribution in [1.82, 2.24) is 4.90 Å². The first-order valence-corrected chi connectivity index (χ1v) is 9.59. The summed E-state index contributed by atoms with van der Waals surface area (Å²) < 4.78 is 81.0. The molecular weight excluding hydrogens is 441 g/mol. The van der Waals surface area contributed by atoms with Crippen molar-refractivity contribution in [2.45, 2.75) is 38.1 Å². The largest absolute Gasteiger partial charge is 0.573 e. The van der Waals surface area contributed by atoms with Gasteiger partial charge in [0.05, 0.1) is 19.2 Å². The van der Waals surface area contributed by atoms with E-state index in [-0.39, 0.29) is 25.3 Å². The van der Waals surface area contributed by atoms with Crippen LogP contribution in [-0.4, -0.2) is 49.3 Å². The molecule has 1 fully saturated rings. The summed E-state index contributed by atoms with van der Waals surface area (Å²) in [5.74, 6) is -0.178. The summed E-state index contributed by atoms with van der Waals surface area (Å²) in [4.78, 5) is 13.8. The molecule has 0 spiro atoms. The lowest BCUT2D eigenvalue weighted by Gasteiger charge is -2.23. The van der Waals surface area contributed by atoms with Crippen LogP contribution in [0.25, 0.3) is 0 Å². The van der Waals surface area contributed by atoms with Crippen LogP contribution in [-0.2, 0) is 16.1 Å². The van der Waals surface area contributed by atoms with Crippen LogP contribution in [0.5, 0.6) is 11.5 Å². The summed E-state index contributed by atoms with van der Waals surface area (Å²) in [6.07, 6.45) is -5.95. The van der Waals surface area contributed by atoms with E-state index in [9.17, 15) is 26.7 Å². The van der Waals surface area contributed by atoms with Gasteiger partial charge in [-0.15, -0.1) is 13.2 Å². The van der Waals surface area contributed by atoms with Gasteiger partial charge < -0.3 is 18.9 Å². The van der Waals surface area contributed by atoms with Crippen molar-refractivity contribution in [3.8, 4) is 11.5 Å². The van der Waals surface area contributed by atoms with Crippen molar-refractivity contribution in [3.63, 3.8) is 0 Å². The van der Waals surface area contributed by atoms with Crippen LogP contribution in [0, 0.1) is 0 Å². The van der Waals surface area contributed by atoms with E-state index in [1.807, 2.05) is 6.07 Å². The molecule has 11 heteroatoms. The third-order valence-corrected chi connectivity index (χ3v) is 4.59. The van der Waals surface area contributed by atoms with Crippen LogP contribution in [0.15, 0.2) is 54.6 Å². The van der Waals surface area contributed by atoms with E-state index in [1.54, 1.807) is 24.3 Å². The van der Waals surface area contributed by atoms with Crippen LogP contribution < -0.4 is 9.47 Å². The molecule has 2 aromatic carbocycles. The van der Waals surface area contributed by atoms with Crippen LogP contribution in [0.1, 0.15) is 12.0 Å². The average Bonchev–Trinajstić information content (AvgIpc) is 3.14. The third kappa shape index (κ3) is 7.26. The lowest BCUT2D eigenvalue weighted by molar-refractivity contribution is -0.274. The molecule has 0 saturated carbocycles. The molecule has 3 rings (SSSR count). The predicted octanol–water partition coefficient (Wildman–Crippen LogP) is 4.98. The van der Waals surface area contributed by atoms with Crippen molar-refractivity contribution in [1.29, 1.82) is 0 Å². The van der Waals surface area contributed by atoms with Crippen molar-refractivity contribution < 1.29 is 45.7 Å². The molecule has 0 N–H and O–H groups in total. The minimum absolute atomic E-state index is 0.00475. The first-order valence-electron chi connectivity index (χ1n) is 9.59. The maximum atomic E-state index is 12.5. The summed E-state index contributed by atoms with van der Waals surface area (Å²) in [5, 5.41) is 0. The van der Waals surface area contributed by atoms with Crippen molar-refractivity contribution in [2.75, 3.05) is 13.2 Å². The van der Waals surface area contributed by atoms with Crippen molar-refractivity contribution in [2.24, 2.45) is 0 Å². The number of hydrogen-bond donors (Lipinski definition) is 0. The molecule has 1 heterocycles. The Balaban J connectivity index is 1.60. The smallest absolute Gasteiger partial charge is 0.488 e. The molecule has 0 unspecified atom stereocenters. The number of amides is 1. The van der Waals surface area contributed by atoms with E-state index in [4.69, 9.17) is 9.47 Å². The van der Waals surface area contributed by atoms with E-state index >= 15 is 0 Å². The molecule has 174 valence electrons. The molecule has 0 bridgehead atoms. The fourth-order valence-electron chi connectivity index (χ4n) is 3.24. The van der Waals surface area contributed by atoms with Crippen LogP contribution >= 0.6 is 0 Å². The molecule has 1 aliphatic heterocycles. The zero-order valence-corrected chi connectivity index (χ0v) is 16.6. The van der Waals surface area contributed by atoms with Gasteiger partial charge in [0.15, 0.2) is 0 Å². The molecule has 32 heavy (non-hydrogen) atoms. The second kappa shape index (κ2) is 10.5. The maximum Gasteiger partial charge on any atom is 0.573 e. The highest BCUT2D eigenvalue weighted by Crippen LogP contribution is 2.28. The Kier molecular flexibility index (Phi) is 7.73. The molecular formula is C21H20F5NO5. The fourth-order valence-corrected chi connectivity index (χ4v) is 3.24. The minimum atomic E-state index is -4.81. The van der Waals surface area contributed by atoms with E-state index in [0.29, 0.717) is 0 Å². The van der Waals surface area contributed by atoms with Gasteiger partial charge in [-0.3, -0.25) is 4.90 Å². The second-order valence-corrected chi connectivity index (χ2v) is 6.94. The number of ether oxygens (including phenoxy) is 4. The van der Waals surface area contributed by atoms with Gasteiger partial charge in [0, 0.05) is 6.42 Å². The topological polar surface area (TPSA) is 57.2 Å². The van der Waals surface area contributed by atoms with Crippen LogP contribution in [0.3, 0.4) is 0 Å². The highest BCUT2D eigenvalue weighted by molar-refractivity contribution is 5.68. The van der Waals surface area contributed by atoms with E-state index < -0.39 is 43.6 Å². The Morgan fingerprint density at radius 2 is 1.69 bits per heavy atom. The zero-order valence-electron chi connectivity index (χ0n) is 16.6. The van der Waals surface area contributed by atoms with E-state index in [1.165, 1.54) is 17.0 Å². The number of nitrogens with zero attached hydrogens (tertiary/aromatic N) is 1. The monoisotopic (exact) mass is 461 g/mol. The van der Waals surface area contributed by atoms with E-state index in [2.05, 4.69) is 9.47 Å². The fraction of sp³-hybridized carbons (Fsp3) is 0.381. The number of carbonyl (C=O) groups is 1. The lowest BCUT2D eigenvalue weighted by atomic mass is 10.2. The molecule has 0 aliphatic carbocycles. The molecule has 2 aromatic rings. The summed E-state index contributed by atoms with van der Waals surface area (Å²) in [6, 6.07) is 12.9. The first-order chi connectivity index (χ1) is 15.2. The van der Waals surface area contributed by atoms with E-state index in [0.717, 1.165) is 17.7 Å². The van der Waals surface area contributed by atoms with Crippen LogP contribution in [0.2, 0.25) is 0 Å². The summed E-state index contributed by atoms with van der Waals surface area (Å²) in [5.41, 5.74) is 0.759. The molecule has 1 aliphatic rings. The standard InChI is InChI=1S/C21H20F5NO5/c22-19(23)29-13-15-10-18(31-16-6-8-17(9-7-16)32-21(24,25)26)11-27(15)20(28)30-12-14-4-2-1-3-5-14/h1-9,15,18-19H,10-13H2/t15-,18-/m0/s1. The Bertz CT molecular complexity index is 863.